The van der Waals surface area contributed by atoms with E-state index in [1.807, 2.05) is 32.9 Å². The Balaban J connectivity index is 2.21. The third-order valence-corrected chi connectivity index (χ3v) is 5.65. The van der Waals surface area contributed by atoms with Crippen molar-refractivity contribution in [1.29, 1.82) is 0 Å². The summed E-state index contributed by atoms with van der Waals surface area (Å²) >= 11 is 6.40. The van der Waals surface area contributed by atoms with Gasteiger partial charge < -0.3 is 23.8 Å². The molecule has 0 aromatic heterocycles. The van der Waals surface area contributed by atoms with Crippen LogP contribution in [0.2, 0.25) is 5.02 Å². The molecule has 1 aliphatic heterocycles. The summed E-state index contributed by atoms with van der Waals surface area (Å²) in [6.45, 7) is 8.51. The third kappa shape index (κ3) is 5.83. The second-order valence-electron chi connectivity index (χ2n) is 9.31. The van der Waals surface area contributed by atoms with Gasteiger partial charge in [-0.25, -0.2) is 0 Å². The number of nitrogens with zero attached hydrogens (tertiary/aromatic N) is 1. The Morgan fingerprint density at radius 1 is 1.09 bits per heavy atom. The van der Waals surface area contributed by atoms with Crippen molar-refractivity contribution in [3.8, 4) is 11.5 Å². The van der Waals surface area contributed by atoms with Crippen molar-refractivity contribution >= 4 is 29.2 Å². The normalized spacial score (nSPS) is 18.2. The van der Waals surface area contributed by atoms with Crippen molar-refractivity contribution in [2.45, 2.75) is 46.3 Å². The fourth-order valence-corrected chi connectivity index (χ4v) is 4.17. The average Bonchev–Trinajstić information content (AvgIpc) is 2.88. The van der Waals surface area contributed by atoms with Crippen LogP contribution < -0.4 is 14.4 Å². The van der Waals surface area contributed by atoms with E-state index in [0.29, 0.717) is 39.9 Å². The molecule has 0 bridgehead atoms. The van der Waals surface area contributed by atoms with Crippen LogP contribution in [-0.2, 0) is 19.1 Å². The first-order valence-electron chi connectivity index (χ1n) is 11.2. The number of fused-ring (bicyclic) bond motifs is 1. The maximum atomic E-state index is 13.8. The van der Waals surface area contributed by atoms with Crippen LogP contribution >= 0.6 is 11.6 Å². The maximum Gasteiger partial charge on any atom is 0.308 e. The molecule has 2 atom stereocenters. The molecule has 0 unspecified atom stereocenters. The Kier molecular flexibility index (Phi) is 8.10. The van der Waals surface area contributed by atoms with Crippen molar-refractivity contribution in [1.82, 2.24) is 0 Å². The highest BCUT2D eigenvalue weighted by Crippen LogP contribution is 2.44. The minimum absolute atomic E-state index is 0.204. The summed E-state index contributed by atoms with van der Waals surface area (Å²) in [4.78, 5) is 27.8. The number of rotatable bonds is 7. The van der Waals surface area contributed by atoms with Gasteiger partial charge in [0.25, 0.3) is 5.91 Å². The number of hydrogen-bond acceptors (Lipinski definition) is 6. The molecule has 0 radical (unpaired) electrons. The Hall–Kier alpha value is -2.77. The van der Waals surface area contributed by atoms with Gasteiger partial charge in [-0.1, -0.05) is 32.4 Å². The molecule has 1 amide bonds. The number of carbonyl (C=O) groups excluding carboxylic acids is 2. The van der Waals surface area contributed by atoms with Crippen molar-refractivity contribution in [2.24, 2.45) is 5.41 Å². The van der Waals surface area contributed by atoms with Crippen LogP contribution in [0.15, 0.2) is 36.4 Å². The van der Waals surface area contributed by atoms with Gasteiger partial charge in [-0.05, 0) is 42.7 Å². The van der Waals surface area contributed by atoms with Crippen LogP contribution in [-0.4, -0.2) is 45.4 Å². The van der Waals surface area contributed by atoms with Gasteiger partial charge in [-0.15, -0.1) is 0 Å². The Bertz CT molecular complexity index is 1050. The standard InChI is InChI=1S/C26H32ClNO6/c1-7-33-23(29)14-22-25(30)28(15-26(2,3)4)20-11-8-16(27)12-19(20)24(34-22)18-10-9-17(31-5)13-21(18)32-6/h8-13,22,24H,7,14-15H2,1-6H3/t22-,24-/m1/s1. The first kappa shape index (κ1) is 25.8. The molecule has 8 heteroatoms. The quantitative estimate of drug-likeness (QED) is 0.499. The zero-order chi connectivity index (χ0) is 25.0. The molecular formula is C26H32ClNO6. The van der Waals surface area contributed by atoms with E-state index in [0.717, 1.165) is 0 Å². The lowest BCUT2D eigenvalue weighted by atomic mass is 9.94. The van der Waals surface area contributed by atoms with E-state index in [2.05, 4.69) is 0 Å². The molecule has 0 spiro atoms. The molecule has 0 saturated heterocycles. The van der Waals surface area contributed by atoms with Gasteiger partial charge in [0.2, 0.25) is 0 Å². The molecule has 1 heterocycles. The van der Waals surface area contributed by atoms with Gasteiger partial charge in [0.1, 0.15) is 23.7 Å². The molecule has 2 aromatic carbocycles. The highest BCUT2D eigenvalue weighted by Gasteiger charge is 2.40. The van der Waals surface area contributed by atoms with Gasteiger partial charge in [0.15, 0.2) is 0 Å². The van der Waals surface area contributed by atoms with Gasteiger partial charge >= 0.3 is 5.97 Å². The number of methoxy groups -OCH3 is 2. The zero-order valence-corrected chi connectivity index (χ0v) is 21.3. The second-order valence-corrected chi connectivity index (χ2v) is 9.75. The first-order chi connectivity index (χ1) is 16.1. The van der Waals surface area contributed by atoms with Crippen molar-refractivity contribution < 1.29 is 28.5 Å². The molecule has 7 nitrogen and oxygen atoms in total. The van der Waals surface area contributed by atoms with Crippen molar-refractivity contribution in [3.63, 3.8) is 0 Å². The number of ether oxygens (including phenoxy) is 4. The lowest BCUT2D eigenvalue weighted by Crippen LogP contribution is -2.44. The lowest BCUT2D eigenvalue weighted by Gasteiger charge is -2.31. The number of benzene rings is 2. The number of anilines is 1. The fourth-order valence-electron chi connectivity index (χ4n) is 3.99. The summed E-state index contributed by atoms with van der Waals surface area (Å²) in [6, 6.07) is 10.7. The van der Waals surface area contributed by atoms with Crippen LogP contribution in [0.1, 0.15) is 51.3 Å². The minimum Gasteiger partial charge on any atom is -0.497 e. The minimum atomic E-state index is -1.05. The third-order valence-electron chi connectivity index (χ3n) is 5.42. The number of carbonyl (C=O) groups is 2. The highest BCUT2D eigenvalue weighted by molar-refractivity contribution is 6.30. The van der Waals surface area contributed by atoms with E-state index in [1.54, 1.807) is 50.3 Å². The van der Waals surface area contributed by atoms with E-state index in [1.165, 1.54) is 0 Å². The molecule has 3 rings (SSSR count). The summed E-state index contributed by atoms with van der Waals surface area (Å²) in [5.41, 5.74) is 1.86. The smallest absolute Gasteiger partial charge is 0.308 e. The SMILES string of the molecule is CCOC(=O)C[C@H]1O[C@H](c2ccc(OC)cc2OC)c2cc(Cl)ccc2N(CC(C)(C)C)C1=O. The predicted octanol–water partition coefficient (Wildman–Crippen LogP) is 5.18. The van der Waals surface area contributed by atoms with Crippen LogP contribution in [0, 0.1) is 5.41 Å². The molecule has 0 N–H and O–H groups in total. The van der Waals surface area contributed by atoms with E-state index in [9.17, 15) is 9.59 Å². The van der Waals surface area contributed by atoms with E-state index in [4.69, 9.17) is 30.5 Å². The van der Waals surface area contributed by atoms with E-state index < -0.39 is 18.2 Å². The fraction of sp³-hybridized carbons (Fsp3) is 0.462. The lowest BCUT2D eigenvalue weighted by molar-refractivity contribution is -0.151. The predicted molar refractivity (Wildman–Crippen MR) is 131 cm³/mol. The average molecular weight is 490 g/mol. The maximum absolute atomic E-state index is 13.8. The van der Waals surface area contributed by atoms with E-state index in [-0.39, 0.29) is 24.3 Å². The summed E-state index contributed by atoms with van der Waals surface area (Å²) < 4.78 is 22.5. The van der Waals surface area contributed by atoms with Crippen molar-refractivity contribution in [3.05, 3.63) is 52.5 Å². The Labute approximate surface area is 205 Å². The molecule has 2 aromatic rings. The molecular weight excluding hydrogens is 458 g/mol. The number of esters is 1. The zero-order valence-electron chi connectivity index (χ0n) is 20.5. The second kappa shape index (κ2) is 10.7. The van der Waals surface area contributed by atoms with Crippen LogP contribution in [0.25, 0.3) is 0 Å². The van der Waals surface area contributed by atoms with E-state index >= 15 is 0 Å². The highest BCUT2D eigenvalue weighted by atomic mass is 35.5. The molecule has 184 valence electrons. The van der Waals surface area contributed by atoms with Gasteiger partial charge in [0, 0.05) is 34.4 Å². The Morgan fingerprint density at radius 2 is 1.82 bits per heavy atom. The summed E-state index contributed by atoms with van der Waals surface area (Å²) in [6.07, 6.45) is -1.98. The van der Waals surface area contributed by atoms with Gasteiger partial charge in [-0.3, -0.25) is 9.59 Å². The van der Waals surface area contributed by atoms with Crippen molar-refractivity contribution in [2.75, 3.05) is 32.3 Å². The number of halogens is 1. The first-order valence-corrected chi connectivity index (χ1v) is 11.6. The number of amides is 1. The summed E-state index contributed by atoms with van der Waals surface area (Å²) in [5, 5.41) is 0.506. The van der Waals surface area contributed by atoms with Gasteiger partial charge in [0.05, 0.1) is 27.2 Å². The monoisotopic (exact) mass is 489 g/mol. The molecule has 1 aliphatic rings. The number of hydrogen-bond donors (Lipinski definition) is 0. The summed E-state index contributed by atoms with van der Waals surface area (Å²) in [7, 11) is 3.13. The molecule has 0 fully saturated rings. The van der Waals surface area contributed by atoms with Gasteiger partial charge in [-0.2, -0.15) is 0 Å². The topological polar surface area (TPSA) is 74.3 Å². The molecule has 0 saturated carbocycles. The molecule has 34 heavy (non-hydrogen) atoms. The van der Waals surface area contributed by atoms with Crippen LogP contribution in [0.3, 0.4) is 0 Å². The Morgan fingerprint density at radius 3 is 2.44 bits per heavy atom. The molecule has 0 aliphatic carbocycles. The summed E-state index contributed by atoms with van der Waals surface area (Å²) in [5.74, 6) is 0.346. The van der Waals surface area contributed by atoms with Crippen LogP contribution in [0.5, 0.6) is 11.5 Å². The largest absolute Gasteiger partial charge is 0.497 e. The van der Waals surface area contributed by atoms with Crippen LogP contribution in [0.4, 0.5) is 5.69 Å².